The molecule has 0 fully saturated rings. The quantitative estimate of drug-likeness (QED) is 0.440. The third-order valence-corrected chi connectivity index (χ3v) is 3.34. The molecule has 0 saturated heterocycles. The van der Waals surface area contributed by atoms with Crippen LogP contribution < -0.4 is 0 Å². The predicted octanol–water partition coefficient (Wildman–Crippen LogP) is 4.16. The second-order valence-corrected chi connectivity index (χ2v) is 4.75. The molecule has 4 heteroatoms. The number of hydrogen-bond donors (Lipinski definition) is 0. The normalized spacial score (nSPS) is 11.4. The van der Waals surface area contributed by atoms with Gasteiger partial charge in [-0.3, -0.25) is 0 Å². The third kappa shape index (κ3) is 4.92. The summed E-state index contributed by atoms with van der Waals surface area (Å²) in [5.41, 5.74) is 0.661. The van der Waals surface area contributed by atoms with Crippen molar-refractivity contribution in [1.82, 2.24) is 0 Å². The molecular weight excluding hydrogens is 251 g/mol. The maximum Gasteiger partial charge on any atom is 0.334 e. The molecule has 18 heavy (non-hydrogen) atoms. The van der Waals surface area contributed by atoms with Gasteiger partial charge in [-0.2, -0.15) is 0 Å². The Labute approximate surface area is 111 Å². The highest BCUT2D eigenvalue weighted by molar-refractivity contribution is 8.02. The zero-order chi connectivity index (χ0) is 13.4. The summed E-state index contributed by atoms with van der Waals surface area (Å²) in [4.78, 5) is 12.4. The Morgan fingerprint density at radius 2 is 2.06 bits per heavy atom. The summed E-state index contributed by atoms with van der Waals surface area (Å²) in [6.07, 6.45) is 2.68. The maximum absolute atomic E-state index is 12.7. The first-order chi connectivity index (χ1) is 8.67. The van der Waals surface area contributed by atoms with Gasteiger partial charge in [0.2, 0.25) is 0 Å². The third-order valence-electron chi connectivity index (χ3n) is 2.40. The van der Waals surface area contributed by atoms with Crippen LogP contribution in [0.1, 0.15) is 26.2 Å². The van der Waals surface area contributed by atoms with Crippen LogP contribution in [-0.4, -0.2) is 13.1 Å². The lowest BCUT2D eigenvalue weighted by Gasteiger charge is -2.04. The van der Waals surface area contributed by atoms with Crippen molar-refractivity contribution in [3.8, 4) is 0 Å². The lowest BCUT2D eigenvalue weighted by molar-refractivity contribution is -0.136. The molecule has 0 saturated carbocycles. The molecule has 0 radical (unpaired) electrons. The highest BCUT2D eigenvalue weighted by Gasteiger charge is 2.08. The molecular formula is C14H17FO2S. The van der Waals surface area contributed by atoms with E-state index in [4.69, 9.17) is 4.74 Å². The molecule has 2 nitrogen and oxygen atoms in total. The molecule has 0 bridgehead atoms. The van der Waals surface area contributed by atoms with Crippen molar-refractivity contribution in [3.63, 3.8) is 0 Å². The van der Waals surface area contributed by atoms with Gasteiger partial charge in [0, 0.05) is 10.5 Å². The van der Waals surface area contributed by atoms with E-state index in [0.29, 0.717) is 12.0 Å². The average Bonchev–Trinajstić information content (AvgIpc) is 2.40. The summed E-state index contributed by atoms with van der Waals surface area (Å²) in [6, 6.07) is 6.18. The van der Waals surface area contributed by atoms with Crippen molar-refractivity contribution in [2.45, 2.75) is 31.1 Å². The highest BCUT2D eigenvalue weighted by Crippen LogP contribution is 2.23. The molecule has 0 aliphatic rings. The standard InChI is InChI=1S/C14H17FO2S/c1-3-4-5-11(14(16)17-2)10-18-13-8-6-12(15)7-9-13/h6-10H,3-5H2,1-2H3/b11-10+. The second kappa shape index (κ2) is 7.93. The Morgan fingerprint density at radius 1 is 1.39 bits per heavy atom. The van der Waals surface area contributed by atoms with Crippen LogP contribution in [0.4, 0.5) is 4.39 Å². The fourth-order valence-corrected chi connectivity index (χ4v) is 2.15. The van der Waals surface area contributed by atoms with Crippen LogP contribution in [0.25, 0.3) is 0 Å². The van der Waals surface area contributed by atoms with E-state index >= 15 is 0 Å². The van der Waals surface area contributed by atoms with E-state index in [1.807, 2.05) is 0 Å². The van der Waals surface area contributed by atoms with Crippen molar-refractivity contribution >= 4 is 17.7 Å². The second-order valence-electron chi connectivity index (χ2n) is 3.81. The number of unbranched alkanes of at least 4 members (excludes halogenated alkanes) is 1. The minimum atomic E-state index is -0.293. The summed E-state index contributed by atoms with van der Waals surface area (Å²) in [5, 5.41) is 1.79. The molecule has 0 aromatic heterocycles. The molecule has 0 heterocycles. The molecule has 1 aromatic rings. The Morgan fingerprint density at radius 3 is 2.61 bits per heavy atom. The van der Waals surface area contributed by atoms with Crippen LogP contribution in [0.3, 0.4) is 0 Å². The van der Waals surface area contributed by atoms with E-state index in [-0.39, 0.29) is 11.8 Å². The Bertz CT molecular complexity index is 412. The minimum Gasteiger partial charge on any atom is -0.466 e. The maximum atomic E-state index is 12.7. The van der Waals surface area contributed by atoms with Crippen molar-refractivity contribution in [1.29, 1.82) is 0 Å². The number of carbonyl (C=O) groups excluding carboxylic acids is 1. The van der Waals surface area contributed by atoms with Gasteiger partial charge in [-0.15, -0.1) is 0 Å². The van der Waals surface area contributed by atoms with Crippen molar-refractivity contribution < 1.29 is 13.9 Å². The van der Waals surface area contributed by atoms with Crippen LogP contribution >= 0.6 is 11.8 Å². The summed E-state index contributed by atoms with van der Waals surface area (Å²) >= 11 is 1.40. The van der Waals surface area contributed by atoms with E-state index in [0.717, 1.165) is 17.7 Å². The fraction of sp³-hybridized carbons (Fsp3) is 0.357. The minimum absolute atomic E-state index is 0.262. The first-order valence-corrected chi connectivity index (χ1v) is 6.75. The monoisotopic (exact) mass is 268 g/mol. The number of carbonyl (C=O) groups is 1. The highest BCUT2D eigenvalue weighted by atomic mass is 32.2. The molecule has 0 aliphatic heterocycles. The van der Waals surface area contributed by atoms with Crippen LogP contribution in [-0.2, 0) is 9.53 Å². The van der Waals surface area contributed by atoms with E-state index in [1.165, 1.54) is 31.0 Å². The van der Waals surface area contributed by atoms with E-state index in [2.05, 4.69) is 6.92 Å². The van der Waals surface area contributed by atoms with Gasteiger partial charge in [-0.1, -0.05) is 25.1 Å². The van der Waals surface area contributed by atoms with E-state index in [9.17, 15) is 9.18 Å². The van der Waals surface area contributed by atoms with Gasteiger partial charge < -0.3 is 4.74 Å². The van der Waals surface area contributed by atoms with Crippen LogP contribution in [0.15, 0.2) is 40.1 Å². The lowest BCUT2D eigenvalue weighted by atomic mass is 10.1. The average molecular weight is 268 g/mol. The molecule has 98 valence electrons. The van der Waals surface area contributed by atoms with Gasteiger partial charge in [0.15, 0.2) is 0 Å². The van der Waals surface area contributed by atoms with Crippen molar-refractivity contribution in [2.24, 2.45) is 0 Å². The SMILES string of the molecule is CCCC/C(=C\Sc1ccc(F)cc1)C(=O)OC. The zero-order valence-electron chi connectivity index (χ0n) is 10.6. The number of halogens is 1. The summed E-state index contributed by atoms with van der Waals surface area (Å²) in [5.74, 6) is -0.555. The number of methoxy groups -OCH3 is 1. The fourth-order valence-electron chi connectivity index (χ4n) is 1.36. The van der Waals surface area contributed by atoms with Gasteiger partial charge in [-0.05, 0) is 42.5 Å². The number of benzene rings is 1. The molecule has 1 aromatic carbocycles. The van der Waals surface area contributed by atoms with Gasteiger partial charge in [0.05, 0.1) is 7.11 Å². The van der Waals surface area contributed by atoms with Crippen LogP contribution in [0.5, 0.6) is 0 Å². The molecule has 0 unspecified atom stereocenters. The van der Waals surface area contributed by atoms with Crippen LogP contribution in [0.2, 0.25) is 0 Å². The zero-order valence-corrected chi connectivity index (χ0v) is 11.4. The number of esters is 1. The van der Waals surface area contributed by atoms with Gasteiger partial charge in [0.1, 0.15) is 5.82 Å². The molecule has 1 rings (SSSR count). The van der Waals surface area contributed by atoms with Gasteiger partial charge in [-0.25, -0.2) is 9.18 Å². The molecule has 0 atom stereocenters. The number of ether oxygens (including phenoxy) is 1. The van der Waals surface area contributed by atoms with Gasteiger partial charge in [0.25, 0.3) is 0 Å². The summed E-state index contributed by atoms with van der Waals surface area (Å²) in [6.45, 7) is 2.07. The first-order valence-electron chi connectivity index (χ1n) is 5.87. The first kappa shape index (κ1) is 14.8. The Kier molecular flexibility index (Phi) is 6.50. The number of hydrogen-bond acceptors (Lipinski definition) is 3. The smallest absolute Gasteiger partial charge is 0.334 e. The molecule has 0 spiro atoms. The molecule has 0 N–H and O–H groups in total. The Balaban J connectivity index is 2.69. The van der Waals surface area contributed by atoms with Crippen LogP contribution in [0, 0.1) is 5.82 Å². The Hall–Kier alpha value is -1.29. The number of thioether (sulfide) groups is 1. The van der Waals surface area contributed by atoms with Crippen molar-refractivity contribution in [3.05, 3.63) is 41.1 Å². The lowest BCUT2D eigenvalue weighted by Crippen LogP contribution is -2.04. The van der Waals surface area contributed by atoms with E-state index in [1.54, 1.807) is 17.5 Å². The summed E-state index contributed by atoms with van der Waals surface area (Å²) < 4.78 is 17.5. The van der Waals surface area contributed by atoms with Gasteiger partial charge >= 0.3 is 5.97 Å². The van der Waals surface area contributed by atoms with Crippen molar-refractivity contribution in [2.75, 3.05) is 7.11 Å². The van der Waals surface area contributed by atoms with E-state index < -0.39 is 0 Å². The molecule has 0 aliphatic carbocycles. The topological polar surface area (TPSA) is 26.3 Å². The largest absolute Gasteiger partial charge is 0.466 e. The molecule has 0 amide bonds. The predicted molar refractivity (Wildman–Crippen MR) is 71.9 cm³/mol. The summed E-state index contributed by atoms with van der Waals surface area (Å²) in [7, 11) is 1.38. The number of rotatable bonds is 6.